The molecule has 112 valence electrons. The Balaban J connectivity index is 2.07. The van der Waals surface area contributed by atoms with E-state index in [0.717, 1.165) is 37.1 Å². The molecule has 0 unspecified atom stereocenters. The molecule has 6 nitrogen and oxygen atoms in total. The summed E-state index contributed by atoms with van der Waals surface area (Å²) in [6.45, 7) is 4.33. The number of non-ortho nitro benzene ring substituents is 1. The number of nitrogens with one attached hydrogen (secondary N) is 1. The lowest BCUT2D eigenvalue weighted by atomic mass is 10.1. The second kappa shape index (κ2) is 7.54. The monoisotopic (exact) mass is 289 g/mol. The lowest BCUT2D eigenvalue weighted by Crippen LogP contribution is -2.06. The minimum Gasteiger partial charge on any atom is -0.384 e. The number of aromatic nitrogens is 1. The third-order valence-corrected chi connectivity index (χ3v) is 3.12. The van der Waals surface area contributed by atoms with Crippen LogP contribution in [0.3, 0.4) is 0 Å². The fraction of sp³-hybridized carbons (Fsp3) is 0.400. The zero-order chi connectivity index (χ0) is 15.1. The second-order valence-corrected chi connectivity index (χ2v) is 4.70. The van der Waals surface area contributed by atoms with E-state index in [4.69, 9.17) is 4.74 Å². The van der Waals surface area contributed by atoms with Crippen molar-refractivity contribution in [3.05, 3.63) is 40.7 Å². The predicted octanol–water partition coefficient (Wildman–Crippen LogP) is 3.37. The van der Waals surface area contributed by atoms with Gasteiger partial charge in [0.05, 0.1) is 10.3 Å². The maximum atomic E-state index is 11.0. The first-order chi connectivity index (χ1) is 10.2. The minimum atomic E-state index is -0.370. The van der Waals surface area contributed by atoms with Crippen molar-refractivity contribution in [2.24, 2.45) is 0 Å². The highest BCUT2D eigenvalue weighted by Gasteiger charge is 2.13. The van der Waals surface area contributed by atoms with Gasteiger partial charge in [0.1, 0.15) is 0 Å². The summed E-state index contributed by atoms with van der Waals surface area (Å²) < 4.78 is 5.42. The molecule has 2 rings (SSSR count). The number of hydrogen-bond acceptors (Lipinski definition) is 5. The third-order valence-electron chi connectivity index (χ3n) is 3.12. The van der Waals surface area contributed by atoms with Gasteiger partial charge in [-0.1, -0.05) is 6.92 Å². The molecule has 0 saturated carbocycles. The Hall–Kier alpha value is -2.21. The maximum Gasteiger partial charge on any atom is 0.277 e. The zero-order valence-corrected chi connectivity index (χ0v) is 12.0. The Morgan fingerprint density at radius 2 is 2.14 bits per heavy atom. The van der Waals surface area contributed by atoms with Crippen molar-refractivity contribution in [3.63, 3.8) is 0 Å². The summed E-state index contributed by atoms with van der Waals surface area (Å²) in [7, 11) is 0. The molecule has 1 aromatic carbocycles. The van der Waals surface area contributed by atoms with Gasteiger partial charge in [-0.25, -0.2) is 0 Å². The van der Waals surface area contributed by atoms with Gasteiger partial charge < -0.3 is 10.1 Å². The SMILES string of the molecule is CCCOCCCNc1ccc([N+](=O)[O-])c2ccncc12. The normalized spacial score (nSPS) is 10.7. The summed E-state index contributed by atoms with van der Waals surface area (Å²) in [6, 6.07) is 4.93. The molecule has 2 aromatic rings. The van der Waals surface area contributed by atoms with E-state index in [1.54, 1.807) is 24.5 Å². The zero-order valence-electron chi connectivity index (χ0n) is 12.0. The summed E-state index contributed by atoms with van der Waals surface area (Å²) in [6.07, 6.45) is 5.13. The van der Waals surface area contributed by atoms with Gasteiger partial charge in [0.25, 0.3) is 5.69 Å². The van der Waals surface area contributed by atoms with E-state index in [1.165, 1.54) is 6.07 Å². The highest BCUT2D eigenvalue weighted by molar-refractivity contribution is 5.99. The van der Waals surface area contributed by atoms with Crippen molar-refractivity contribution in [2.45, 2.75) is 19.8 Å². The average Bonchev–Trinajstić information content (AvgIpc) is 2.50. The summed E-state index contributed by atoms with van der Waals surface area (Å²) >= 11 is 0. The van der Waals surface area contributed by atoms with Gasteiger partial charge in [-0.15, -0.1) is 0 Å². The Bertz CT molecular complexity index is 616. The van der Waals surface area contributed by atoms with Gasteiger partial charge in [-0.05, 0) is 25.0 Å². The highest BCUT2D eigenvalue weighted by Crippen LogP contribution is 2.30. The minimum absolute atomic E-state index is 0.101. The van der Waals surface area contributed by atoms with Gasteiger partial charge in [0.15, 0.2) is 0 Å². The van der Waals surface area contributed by atoms with Crippen LogP contribution in [0, 0.1) is 10.1 Å². The summed E-state index contributed by atoms with van der Waals surface area (Å²) in [4.78, 5) is 14.7. The number of ether oxygens (including phenoxy) is 1. The molecule has 0 radical (unpaired) electrons. The first-order valence-electron chi connectivity index (χ1n) is 7.06. The molecule has 0 aliphatic heterocycles. The molecule has 0 aliphatic carbocycles. The van der Waals surface area contributed by atoms with E-state index < -0.39 is 0 Å². The largest absolute Gasteiger partial charge is 0.384 e. The standard InChI is InChI=1S/C15H19N3O3/c1-2-9-21-10-3-7-17-14-4-5-15(18(19)20)12-6-8-16-11-13(12)14/h4-6,8,11,17H,2-3,7,9-10H2,1H3. The smallest absolute Gasteiger partial charge is 0.277 e. The van der Waals surface area contributed by atoms with Crippen LogP contribution in [0.5, 0.6) is 0 Å². The number of fused-ring (bicyclic) bond motifs is 1. The molecule has 1 N–H and O–H groups in total. The van der Waals surface area contributed by atoms with Crippen LogP contribution in [-0.4, -0.2) is 29.7 Å². The van der Waals surface area contributed by atoms with Gasteiger partial charge >= 0.3 is 0 Å². The number of hydrogen-bond donors (Lipinski definition) is 1. The van der Waals surface area contributed by atoms with Gasteiger partial charge in [-0.3, -0.25) is 15.1 Å². The highest BCUT2D eigenvalue weighted by atomic mass is 16.6. The molecular formula is C15H19N3O3. The molecule has 0 atom stereocenters. The Kier molecular flexibility index (Phi) is 5.45. The fourth-order valence-corrected chi connectivity index (χ4v) is 2.13. The van der Waals surface area contributed by atoms with Crippen LogP contribution in [0.25, 0.3) is 10.8 Å². The van der Waals surface area contributed by atoms with Crippen molar-refractivity contribution in [1.29, 1.82) is 0 Å². The molecule has 1 heterocycles. The molecule has 0 bridgehead atoms. The molecule has 6 heteroatoms. The fourth-order valence-electron chi connectivity index (χ4n) is 2.13. The van der Waals surface area contributed by atoms with Crippen LogP contribution in [-0.2, 0) is 4.74 Å². The van der Waals surface area contributed by atoms with Crippen molar-refractivity contribution in [1.82, 2.24) is 4.98 Å². The first kappa shape index (κ1) is 15.2. The Morgan fingerprint density at radius 3 is 2.90 bits per heavy atom. The lowest BCUT2D eigenvalue weighted by Gasteiger charge is -2.10. The molecule has 0 amide bonds. The number of nitrogens with zero attached hydrogens (tertiary/aromatic N) is 2. The van der Waals surface area contributed by atoms with E-state index in [2.05, 4.69) is 17.2 Å². The average molecular weight is 289 g/mol. The number of benzene rings is 1. The quantitative estimate of drug-likeness (QED) is 0.458. The van der Waals surface area contributed by atoms with E-state index in [-0.39, 0.29) is 10.6 Å². The van der Waals surface area contributed by atoms with E-state index in [1.807, 2.05) is 0 Å². The molecule has 1 aromatic heterocycles. The number of nitro benzene ring substituents is 1. The van der Waals surface area contributed by atoms with E-state index in [0.29, 0.717) is 12.0 Å². The number of nitro groups is 1. The van der Waals surface area contributed by atoms with Gasteiger partial charge in [0.2, 0.25) is 0 Å². The summed E-state index contributed by atoms with van der Waals surface area (Å²) in [5, 5.41) is 15.7. The maximum absolute atomic E-state index is 11.0. The molecule has 0 aliphatic rings. The van der Waals surface area contributed by atoms with Crippen LogP contribution >= 0.6 is 0 Å². The van der Waals surface area contributed by atoms with Gasteiger partial charge in [0, 0.05) is 49.3 Å². The van der Waals surface area contributed by atoms with E-state index >= 15 is 0 Å². The van der Waals surface area contributed by atoms with Crippen LogP contribution in [0.4, 0.5) is 11.4 Å². The molecular weight excluding hydrogens is 270 g/mol. The number of rotatable bonds is 8. The summed E-state index contributed by atoms with van der Waals surface area (Å²) in [5.41, 5.74) is 0.962. The lowest BCUT2D eigenvalue weighted by molar-refractivity contribution is -0.383. The van der Waals surface area contributed by atoms with Crippen LogP contribution in [0.15, 0.2) is 30.6 Å². The van der Waals surface area contributed by atoms with Crippen LogP contribution < -0.4 is 5.32 Å². The first-order valence-corrected chi connectivity index (χ1v) is 7.06. The summed E-state index contributed by atoms with van der Waals surface area (Å²) in [5.74, 6) is 0. The van der Waals surface area contributed by atoms with Crippen molar-refractivity contribution < 1.29 is 9.66 Å². The molecule has 0 fully saturated rings. The van der Waals surface area contributed by atoms with Crippen molar-refractivity contribution >= 4 is 22.1 Å². The van der Waals surface area contributed by atoms with E-state index in [9.17, 15) is 10.1 Å². The Labute approximate surface area is 123 Å². The number of pyridine rings is 1. The molecule has 0 saturated heterocycles. The predicted molar refractivity (Wildman–Crippen MR) is 82.6 cm³/mol. The van der Waals surface area contributed by atoms with Gasteiger partial charge in [-0.2, -0.15) is 0 Å². The third kappa shape index (κ3) is 3.88. The second-order valence-electron chi connectivity index (χ2n) is 4.70. The topological polar surface area (TPSA) is 77.3 Å². The molecule has 0 spiro atoms. The Morgan fingerprint density at radius 1 is 1.29 bits per heavy atom. The van der Waals surface area contributed by atoms with Crippen molar-refractivity contribution in [3.8, 4) is 0 Å². The van der Waals surface area contributed by atoms with Crippen molar-refractivity contribution in [2.75, 3.05) is 25.1 Å². The number of anilines is 1. The van der Waals surface area contributed by atoms with Crippen LogP contribution in [0.2, 0.25) is 0 Å². The van der Waals surface area contributed by atoms with Crippen LogP contribution in [0.1, 0.15) is 19.8 Å². The molecule has 21 heavy (non-hydrogen) atoms.